The van der Waals surface area contributed by atoms with Crippen molar-refractivity contribution in [3.8, 4) is 11.5 Å². The average Bonchev–Trinajstić information content (AvgIpc) is 3.25. The highest BCUT2D eigenvalue weighted by molar-refractivity contribution is 7.25. The number of aliphatic hydroxyl groups is 2. The van der Waals surface area contributed by atoms with Crippen LogP contribution in [0.4, 0.5) is 15.9 Å². The van der Waals surface area contributed by atoms with E-state index in [9.17, 15) is 9.50 Å². The van der Waals surface area contributed by atoms with Crippen molar-refractivity contribution in [1.29, 1.82) is 0 Å². The zero-order valence-electron chi connectivity index (χ0n) is 19.2. The van der Waals surface area contributed by atoms with Gasteiger partial charge >= 0.3 is 0 Å². The molecule has 0 amide bonds. The SMILES string of the molecule is Cl.OC[C@@H](O)COc1ccc2c(c1)sc1ncnc(Nc3ccc(OCc4cccc(F)c4)c(Cl)c3)c12. The predicted molar refractivity (Wildman–Crippen MR) is 146 cm³/mol. The molecule has 11 heteroatoms. The van der Waals surface area contributed by atoms with Crippen molar-refractivity contribution in [2.45, 2.75) is 12.7 Å². The quantitative estimate of drug-likeness (QED) is 0.199. The first kappa shape index (κ1) is 26.8. The lowest BCUT2D eigenvalue weighted by atomic mass is 10.2. The van der Waals surface area contributed by atoms with Gasteiger partial charge in [0.25, 0.3) is 0 Å². The molecule has 1 atom stereocenters. The molecule has 5 aromatic rings. The number of thiophene rings is 1. The molecule has 2 heterocycles. The van der Waals surface area contributed by atoms with Gasteiger partial charge in [-0.1, -0.05) is 23.7 Å². The number of benzene rings is 3. The van der Waals surface area contributed by atoms with Crippen LogP contribution in [0.1, 0.15) is 5.56 Å². The van der Waals surface area contributed by atoms with Crippen LogP contribution >= 0.6 is 35.3 Å². The van der Waals surface area contributed by atoms with Crippen LogP contribution in [-0.2, 0) is 6.61 Å². The number of ether oxygens (including phenoxy) is 2. The molecule has 192 valence electrons. The molecular weight excluding hydrogens is 540 g/mol. The number of aromatic nitrogens is 2. The second kappa shape index (κ2) is 11.9. The number of rotatable bonds is 9. The standard InChI is InChI=1S/C26H21ClFN3O4S.ClH/c27-21-9-17(4-7-22(21)35-12-15-2-1-3-16(28)8-15)31-25-24-20-6-5-19(34-13-18(33)11-32)10-23(20)36-26(24)30-14-29-25;/h1-10,14,18,32-33H,11-13H2,(H,29,30,31);1H/t18-;/m1./s1. The Labute approximate surface area is 226 Å². The summed E-state index contributed by atoms with van der Waals surface area (Å²) < 4.78 is 25.7. The zero-order valence-corrected chi connectivity index (χ0v) is 21.6. The maximum Gasteiger partial charge on any atom is 0.143 e. The second-order valence-electron chi connectivity index (χ2n) is 8.00. The van der Waals surface area contributed by atoms with Crippen LogP contribution in [0.25, 0.3) is 20.3 Å². The maximum atomic E-state index is 13.4. The normalized spacial score (nSPS) is 11.8. The number of fused-ring (bicyclic) bond motifs is 3. The van der Waals surface area contributed by atoms with Crippen molar-refractivity contribution in [3.05, 3.63) is 83.4 Å². The van der Waals surface area contributed by atoms with Gasteiger partial charge in [0.05, 0.1) is 17.0 Å². The fourth-order valence-electron chi connectivity index (χ4n) is 3.64. The topological polar surface area (TPSA) is 96.7 Å². The van der Waals surface area contributed by atoms with Crippen LogP contribution < -0.4 is 14.8 Å². The van der Waals surface area contributed by atoms with E-state index < -0.39 is 6.10 Å². The predicted octanol–water partition coefficient (Wildman–Crippen LogP) is 6.11. The van der Waals surface area contributed by atoms with Crippen molar-refractivity contribution < 1.29 is 24.1 Å². The second-order valence-corrected chi connectivity index (χ2v) is 9.44. The highest BCUT2D eigenvalue weighted by Gasteiger charge is 2.14. The lowest BCUT2D eigenvalue weighted by Crippen LogP contribution is -2.21. The smallest absolute Gasteiger partial charge is 0.143 e. The Kier molecular flexibility index (Phi) is 8.63. The maximum absolute atomic E-state index is 13.4. The Morgan fingerprint density at radius 3 is 2.70 bits per heavy atom. The van der Waals surface area contributed by atoms with E-state index in [1.807, 2.05) is 18.2 Å². The summed E-state index contributed by atoms with van der Waals surface area (Å²) in [4.78, 5) is 9.65. The zero-order chi connectivity index (χ0) is 25.1. The Morgan fingerprint density at radius 2 is 1.92 bits per heavy atom. The summed E-state index contributed by atoms with van der Waals surface area (Å²) in [6.07, 6.45) is 0.558. The number of anilines is 2. The van der Waals surface area contributed by atoms with E-state index in [0.29, 0.717) is 27.9 Å². The minimum Gasteiger partial charge on any atom is -0.491 e. The lowest BCUT2D eigenvalue weighted by molar-refractivity contribution is 0.0536. The summed E-state index contributed by atoms with van der Waals surface area (Å²) in [6.45, 7) is -0.162. The number of nitrogens with zero attached hydrogens (tertiary/aromatic N) is 2. The van der Waals surface area contributed by atoms with Crippen LogP contribution in [-0.4, -0.2) is 39.5 Å². The highest BCUT2D eigenvalue weighted by atomic mass is 35.5. The number of nitrogens with one attached hydrogen (secondary N) is 1. The van der Waals surface area contributed by atoms with E-state index in [2.05, 4.69) is 15.3 Å². The monoisotopic (exact) mass is 561 g/mol. The van der Waals surface area contributed by atoms with Gasteiger partial charge in [0.15, 0.2) is 0 Å². The Morgan fingerprint density at radius 1 is 1.05 bits per heavy atom. The van der Waals surface area contributed by atoms with E-state index in [4.69, 9.17) is 26.2 Å². The summed E-state index contributed by atoms with van der Waals surface area (Å²) in [5.41, 5.74) is 1.43. The number of hydrogen-bond acceptors (Lipinski definition) is 8. The van der Waals surface area contributed by atoms with E-state index in [1.54, 1.807) is 30.3 Å². The van der Waals surface area contributed by atoms with Crippen LogP contribution in [0.5, 0.6) is 11.5 Å². The molecule has 0 fully saturated rings. The van der Waals surface area contributed by atoms with E-state index in [0.717, 1.165) is 26.0 Å². The molecule has 5 rings (SSSR count). The Hall–Kier alpha value is -3.21. The number of hydrogen-bond donors (Lipinski definition) is 3. The number of aliphatic hydroxyl groups excluding tert-OH is 2. The largest absolute Gasteiger partial charge is 0.491 e. The molecule has 3 aromatic carbocycles. The van der Waals surface area contributed by atoms with Crippen molar-refractivity contribution in [2.75, 3.05) is 18.5 Å². The third-order valence-electron chi connectivity index (χ3n) is 5.37. The molecule has 0 radical (unpaired) electrons. The van der Waals surface area contributed by atoms with Gasteiger partial charge in [0.1, 0.15) is 53.6 Å². The van der Waals surface area contributed by atoms with Gasteiger partial charge in [-0.25, -0.2) is 14.4 Å². The minimum atomic E-state index is -0.935. The fourth-order valence-corrected chi connectivity index (χ4v) is 4.94. The molecular formula is C26H22Cl2FN3O4S. The van der Waals surface area contributed by atoms with Crippen LogP contribution in [0.2, 0.25) is 5.02 Å². The first-order valence-electron chi connectivity index (χ1n) is 11.0. The van der Waals surface area contributed by atoms with E-state index >= 15 is 0 Å². The Bertz CT molecular complexity index is 1540. The first-order chi connectivity index (χ1) is 17.5. The van der Waals surface area contributed by atoms with Crippen LogP contribution in [0.3, 0.4) is 0 Å². The lowest BCUT2D eigenvalue weighted by Gasteiger charge is -2.12. The van der Waals surface area contributed by atoms with Crippen molar-refractivity contribution in [2.24, 2.45) is 0 Å². The third-order valence-corrected chi connectivity index (χ3v) is 6.73. The van der Waals surface area contributed by atoms with Crippen LogP contribution in [0, 0.1) is 5.82 Å². The van der Waals surface area contributed by atoms with Gasteiger partial charge in [-0.15, -0.1) is 23.7 Å². The van der Waals surface area contributed by atoms with Crippen molar-refractivity contribution in [1.82, 2.24) is 9.97 Å². The highest BCUT2D eigenvalue weighted by Crippen LogP contribution is 2.39. The van der Waals surface area contributed by atoms with Gasteiger partial charge in [-0.2, -0.15) is 0 Å². The molecule has 3 N–H and O–H groups in total. The fraction of sp³-hybridized carbons (Fsp3) is 0.154. The average molecular weight is 562 g/mol. The minimum absolute atomic E-state index is 0. The summed E-state index contributed by atoms with van der Waals surface area (Å²) in [5, 5.41) is 24.0. The molecule has 0 bridgehead atoms. The molecule has 0 saturated carbocycles. The van der Waals surface area contributed by atoms with Gasteiger partial charge < -0.3 is 25.0 Å². The molecule has 0 unspecified atom stereocenters. The summed E-state index contributed by atoms with van der Waals surface area (Å²) in [6, 6.07) is 17.1. The molecule has 0 aliphatic carbocycles. The molecule has 0 saturated heterocycles. The Balaban J connectivity index is 0.00000320. The molecule has 0 aliphatic rings. The summed E-state index contributed by atoms with van der Waals surface area (Å²) in [5.74, 6) is 1.38. The van der Waals surface area contributed by atoms with E-state index in [1.165, 1.54) is 29.8 Å². The molecule has 0 spiro atoms. The van der Waals surface area contributed by atoms with Crippen molar-refractivity contribution in [3.63, 3.8) is 0 Å². The molecule has 37 heavy (non-hydrogen) atoms. The van der Waals surface area contributed by atoms with Gasteiger partial charge in [-0.05, 0) is 54.1 Å². The molecule has 2 aromatic heterocycles. The van der Waals surface area contributed by atoms with Gasteiger partial charge in [0.2, 0.25) is 0 Å². The molecule has 7 nitrogen and oxygen atoms in total. The summed E-state index contributed by atoms with van der Waals surface area (Å²) >= 11 is 7.94. The first-order valence-corrected chi connectivity index (χ1v) is 12.2. The van der Waals surface area contributed by atoms with Crippen molar-refractivity contribution >= 4 is 67.2 Å². The van der Waals surface area contributed by atoms with Gasteiger partial charge in [0, 0.05) is 15.8 Å². The third kappa shape index (κ3) is 6.20. The van der Waals surface area contributed by atoms with E-state index in [-0.39, 0.29) is 38.0 Å². The number of halogens is 3. The van der Waals surface area contributed by atoms with Crippen LogP contribution in [0.15, 0.2) is 67.0 Å². The van der Waals surface area contributed by atoms with Gasteiger partial charge in [-0.3, -0.25) is 0 Å². The molecule has 0 aliphatic heterocycles. The summed E-state index contributed by atoms with van der Waals surface area (Å²) in [7, 11) is 0.